The topological polar surface area (TPSA) is 116 Å². The molecule has 0 spiro atoms. The molecular formula is C20H12FN3O4. The van der Waals surface area contributed by atoms with E-state index in [0.717, 1.165) is 0 Å². The number of hydrogen-bond donors (Lipinski definition) is 3. The fourth-order valence-electron chi connectivity index (χ4n) is 2.95. The third-order valence-corrected chi connectivity index (χ3v) is 4.31. The summed E-state index contributed by atoms with van der Waals surface area (Å²) in [5.74, 6) is -2.63. The molecule has 0 bridgehead atoms. The number of fused-ring (bicyclic) bond motifs is 1. The number of carboxylic acid groups (broad SMARTS) is 2. The number of hydrogen-bond acceptors (Lipinski definition) is 4. The van der Waals surface area contributed by atoms with Crippen LogP contribution >= 0.6 is 0 Å². The van der Waals surface area contributed by atoms with Crippen molar-refractivity contribution in [2.24, 2.45) is 0 Å². The van der Waals surface area contributed by atoms with Gasteiger partial charge in [0.2, 0.25) is 0 Å². The lowest BCUT2D eigenvalue weighted by molar-refractivity contribution is 0.0687. The molecule has 0 fully saturated rings. The molecule has 138 valence electrons. The van der Waals surface area contributed by atoms with Gasteiger partial charge in [-0.2, -0.15) is 5.10 Å². The van der Waals surface area contributed by atoms with E-state index < -0.39 is 17.8 Å². The van der Waals surface area contributed by atoms with Gasteiger partial charge in [-0.25, -0.2) is 19.0 Å². The number of aromatic carboxylic acids is 2. The first-order valence-corrected chi connectivity index (χ1v) is 8.16. The van der Waals surface area contributed by atoms with E-state index in [0.29, 0.717) is 27.9 Å². The minimum Gasteiger partial charge on any atom is -0.478 e. The number of benzene rings is 2. The van der Waals surface area contributed by atoms with Gasteiger partial charge < -0.3 is 10.2 Å². The van der Waals surface area contributed by atoms with E-state index in [2.05, 4.69) is 15.2 Å². The Hall–Kier alpha value is -4.07. The Morgan fingerprint density at radius 1 is 0.893 bits per heavy atom. The van der Waals surface area contributed by atoms with Crippen LogP contribution in [0.25, 0.3) is 33.5 Å². The highest BCUT2D eigenvalue weighted by Crippen LogP contribution is 2.31. The molecule has 0 aliphatic rings. The number of nitrogens with one attached hydrogen (secondary N) is 1. The number of carbonyl (C=O) groups is 2. The molecule has 0 amide bonds. The smallest absolute Gasteiger partial charge is 0.336 e. The Balaban J connectivity index is 1.89. The van der Waals surface area contributed by atoms with E-state index in [1.807, 2.05) is 0 Å². The molecular weight excluding hydrogens is 365 g/mol. The molecule has 0 radical (unpaired) electrons. The van der Waals surface area contributed by atoms with Crippen LogP contribution in [0.15, 0.2) is 54.6 Å². The first-order chi connectivity index (χ1) is 13.4. The summed E-state index contributed by atoms with van der Waals surface area (Å²) in [5, 5.41) is 25.9. The van der Waals surface area contributed by atoms with Gasteiger partial charge in [0.25, 0.3) is 0 Å². The van der Waals surface area contributed by atoms with Gasteiger partial charge in [-0.3, -0.25) is 5.10 Å². The zero-order valence-electron chi connectivity index (χ0n) is 14.2. The summed E-state index contributed by atoms with van der Waals surface area (Å²) in [6, 6.07) is 12.9. The van der Waals surface area contributed by atoms with Crippen molar-refractivity contribution in [3.63, 3.8) is 0 Å². The van der Waals surface area contributed by atoms with Gasteiger partial charge in [0, 0.05) is 11.1 Å². The van der Waals surface area contributed by atoms with Crippen molar-refractivity contribution >= 4 is 23.0 Å². The van der Waals surface area contributed by atoms with Crippen molar-refractivity contribution in [1.82, 2.24) is 15.2 Å². The van der Waals surface area contributed by atoms with Crippen LogP contribution in [0.5, 0.6) is 0 Å². The lowest BCUT2D eigenvalue weighted by Crippen LogP contribution is -2.01. The van der Waals surface area contributed by atoms with Crippen molar-refractivity contribution in [3.05, 3.63) is 71.5 Å². The van der Waals surface area contributed by atoms with Crippen LogP contribution < -0.4 is 0 Å². The van der Waals surface area contributed by atoms with Crippen molar-refractivity contribution in [3.8, 4) is 22.5 Å². The van der Waals surface area contributed by atoms with Crippen LogP contribution in [0.3, 0.4) is 0 Å². The minimum absolute atomic E-state index is 0.0182. The SMILES string of the molecule is O=C(O)c1ccc(-c2cc(C(=O)O)c3c(-c4ccc(F)cc4)[nH]nc3n2)cc1. The fourth-order valence-corrected chi connectivity index (χ4v) is 2.95. The van der Waals surface area contributed by atoms with Crippen LogP contribution in [0, 0.1) is 5.82 Å². The third kappa shape index (κ3) is 2.96. The molecule has 2 aromatic carbocycles. The predicted octanol–water partition coefficient (Wildman–Crippen LogP) is 3.83. The highest BCUT2D eigenvalue weighted by atomic mass is 19.1. The second kappa shape index (κ2) is 6.58. The number of rotatable bonds is 4. The molecule has 0 unspecified atom stereocenters. The molecule has 7 nitrogen and oxygen atoms in total. The van der Waals surface area contributed by atoms with E-state index in [4.69, 9.17) is 5.11 Å². The maximum absolute atomic E-state index is 13.2. The largest absolute Gasteiger partial charge is 0.478 e. The van der Waals surface area contributed by atoms with Crippen LogP contribution in [0.1, 0.15) is 20.7 Å². The Bertz CT molecular complexity index is 1210. The normalized spacial score (nSPS) is 10.9. The van der Waals surface area contributed by atoms with Gasteiger partial charge >= 0.3 is 11.9 Å². The fraction of sp³-hybridized carbons (Fsp3) is 0. The van der Waals surface area contributed by atoms with Crippen LogP contribution in [0.2, 0.25) is 0 Å². The van der Waals surface area contributed by atoms with Crippen LogP contribution in [0.4, 0.5) is 4.39 Å². The van der Waals surface area contributed by atoms with E-state index >= 15 is 0 Å². The summed E-state index contributed by atoms with van der Waals surface area (Å²) in [5.41, 5.74) is 2.19. The molecule has 4 aromatic rings. The lowest BCUT2D eigenvalue weighted by Gasteiger charge is -2.06. The summed E-state index contributed by atoms with van der Waals surface area (Å²) in [7, 11) is 0. The Labute approximate surface area is 157 Å². The first kappa shape index (κ1) is 17.3. The zero-order chi connectivity index (χ0) is 19.8. The number of carboxylic acids is 2. The monoisotopic (exact) mass is 377 g/mol. The van der Waals surface area contributed by atoms with Crippen molar-refractivity contribution < 1.29 is 24.2 Å². The third-order valence-electron chi connectivity index (χ3n) is 4.31. The van der Waals surface area contributed by atoms with E-state index in [1.165, 1.54) is 42.5 Å². The van der Waals surface area contributed by atoms with E-state index in [1.54, 1.807) is 12.1 Å². The minimum atomic E-state index is -1.17. The number of aromatic nitrogens is 3. The maximum Gasteiger partial charge on any atom is 0.336 e. The van der Waals surface area contributed by atoms with Crippen LogP contribution in [-0.4, -0.2) is 37.3 Å². The van der Waals surface area contributed by atoms with Gasteiger partial charge in [0.1, 0.15) is 5.82 Å². The number of H-pyrrole nitrogens is 1. The van der Waals surface area contributed by atoms with Crippen molar-refractivity contribution in [2.75, 3.05) is 0 Å². The number of nitrogens with zero attached hydrogens (tertiary/aromatic N) is 2. The summed E-state index contributed by atoms with van der Waals surface area (Å²) < 4.78 is 13.2. The number of pyridine rings is 1. The Morgan fingerprint density at radius 3 is 2.14 bits per heavy atom. The molecule has 2 aromatic heterocycles. The van der Waals surface area contributed by atoms with Gasteiger partial charge in [0.15, 0.2) is 5.65 Å². The van der Waals surface area contributed by atoms with Crippen molar-refractivity contribution in [2.45, 2.75) is 0 Å². The van der Waals surface area contributed by atoms with Gasteiger partial charge in [-0.05, 0) is 42.5 Å². The zero-order valence-corrected chi connectivity index (χ0v) is 14.2. The summed E-state index contributed by atoms with van der Waals surface area (Å²) in [4.78, 5) is 27.3. The van der Waals surface area contributed by atoms with Gasteiger partial charge in [0.05, 0.1) is 27.9 Å². The number of halogens is 1. The van der Waals surface area contributed by atoms with Gasteiger partial charge in [-0.15, -0.1) is 0 Å². The van der Waals surface area contributed by atoms with E-state index in [9.17, 15) is 19.1 Å². The highest BCUT2D eigenvalue weighted by molar-refractivity contribution is 6.08. The van der Waals surface area contributed by atoms with Gasteiger partial charge in [-0.1, -0.05) is 12.1 Å². The van der Waals surface area contributed by atoms with E-state index in [-0.39, 0.29) is 16.8 Å². The molecule has 0 aliphatic heterocycles. The number of aromatic amines is 1. The Kier molecular flexibility index (Phi) is 4.08. The molecule has 0 saturated carbocycles. The van der Waals surface area contributed by atoms with Crippen LogP contribution in [-0.2, 0) is 0 Å². The molecule has 28 heavy (non-hydrogen) atoms. The average Bonchev–Trinajstić information content (AvgIpc) is 3.12. The molecule has 8 heteroatoms. The standard InChI is InChI=1S/C20H12FN3O4/c21-13-7-5-11(6-8-13)17-16-14(20(27)28)9-15(22-18(16)24-23-17)10-1-3-12(4-2-10)19(25)26/h1-9H,(H,25,26)(H,27,28)(H,22,23,24). The molecule has 0 atom stereocenters. The summed E-state index contributed by atoms with van der Waals surface area (Å²) >= 11 is 0. The second-order valence-electron chi connectivity index (χ2n) is 6.05. The first-order valence-electron chi connectivity index (χ1n) is 8.16. The average molecular weight is 377 g/mol. The molecule has 4 rings (SSSR count). The second-order valence-corrected chi connectivity index (χ2v) is 6.05. The quantitative estimate of drug-likeness (QED) is 0.498. The summed E-state index contributed by atoms with van der Waals surface area (Å²) in [6.07, 6.45) is 0. The predicted molar refractivity (Wildman–Crippen MR) is 98.6 cm³/mol. The molecule has 2 heterocycles. The molecule has 0 aliphatic carbocycles. The van der Waals surface area contributed by atoms with Crippen molar-refractivity contribution in [1.29, 1.82) is 0 Å². The highest BCUT2D eigenvalue weighted by Gasteiger charge is 2.20. The molecule has 3 N–H and O–H groups in total. The maximum atomic E-state index is 13.2. The summed E-state index contributed by atoms with van der Waals surface area (Å²) in [6.45, 7) is 0. The molecule has 0 saturated heterocycles. The Morgan fingerprint density at radius 2 is 1.54 bits per heavy atom. The lowest BCUT2D eigenvalue weighted by atomic mass is 10.0.